The first-order valence-corrected chi connectivity index (χ1v) is 7.65. The van der Waals surface area contributed by atoms with E-state index in [-0.39, 0.29) is 11.7 Å². The van der Waals surface area contributed by atoms with Gasteiger partial charge in [0, 0.05) is 34.0 Å². The summed E-state index contributed by atoms with van der Waals surface area (Å²) in [6.45, 7) is 0. The molecular formula is C17H14FNO3S. The van der Waals surface area contributed by atoms with E-state index >= 15 is 0 Å². The number of amides is 1. The van der Waals surface area contributed by atoms with Crippen LogP contribution < -0.4 is 14.8 Å². The van der Waals surface area contributed by atoms with E-state index in [1.165, 1.54) is 31.6 Å². The third-order valence-corrected chi connectivity index (χ3v) is 4.44. The number of carbonyl (C=O) groups excluding carboxylic acids is 1. The molecule has 1 N–H and O–H groups in total. The summed E-state index contributed by atoms with van der Waals surface area (Å²) in [5.41, 5.74) is 0.545. The van der Waals surface area contributed by atoms with Crippen LogP contribution in [0, 0.1) is 5.82 Å². The first-order valence-electron chi connectivity index (χ1n) is 6.83. The number of halogens is 1. The molecular weight excluding hydrogens is 317 g/mol. The van der Waals surface area contributed by atoms with Crippen molar-refractivity contribution in [1.29, 1.82) is 0 Å². The van der Waals surface area contributed by atoms with Crippen molar-refractivity contribution in [2.75, 3.05) is 19.5 Å². The molecule has 3 rings (SSSR count). The highest BCUT2D eigenvalue weighted by Gasteiger charge is 2.13. The average molecular weight is 331 g/mol. The second-order valence-electron chi connectivity index (χ2n) is 4.82. The van der Waals surface area contributed by atoms with Gasteiger partial charge >= 0.3 is 0 Å². The van der Waals surface area contributed by atoms with Gasteiger partial charge in [0.1, 0.15) is 17.3 Å². The summed E-state index contributed by atoms with van der Waals surface area (Å²) in [7, 11) is 3.07. The lowest BCUT2D eigenvalue weighted by Gasteiger charge is -2.09. The monoisotopic (exact) mass is 331 g/mol. The average Bonchev–Trinajstić information content (AvgIpc) is 3.00. The molecule has 4 nitrogen and oxygen atoms in total. The Labute approximate surface area is 136 Å². The zero-order valence-corrected chi connectivity index (χ0v) is 13.4. The number of benzene rings is 2. The quantitative estimate of drug-likeness (QED) is 0.775. The van der Waals surface area contributed by atoms with Crippen molar-refractivity contribution in [1.82, 2.24) is 0 Å². The SMILES string of the molecule is COc1cc(NC(=O)c2cc3c(F)cccc3s2)cc(OC)c1. The van der Waals surface area contributed by atoms with Crippen molar-refractivity contribution in [2.45, 2.75) is 0 Å². The van der Waals surface area contributed by atoms with Gasteiger partial charge in [-0.3, -0.25) is 4.79 Å². The van der Waals surface area contributed by atoms with E-state index in [4.69, 9.17) is 9.47 Å². The minimum Gasteiger partial charge on any atom is -0.497 e. The van der Waals surface area contributed by atoms with E-state index in [2.05, 4.69) is 5.32 Å². The lowest BCUT2D eigenvalue weighted by Crippen LogP contribution is -2.10. The van der Waals surface area contributed by atoms with Crippen LogP contribution in [0.2, 0.25) is 0 Å². The number of methoxy groups -OCH3 is 2. The molecule has 0 aliphatic rings. The fraction of sp³-hybridized carbons (Fsp3) is 0.118. The number of carbonyl (C=O) groups is 1. The minimum atomic E-state index is -0.333. The van der Waals surface area contributed by atoms with Crippen molar-refractivity contribution >= 4 is 33.0 Å². The highest BCUT2D eigenvalue weighted by atomic mass is 32.1. The largest absolute Gasteiger partial charge is 0.497 e. The maximum absolute atomic E-state index is 13.7. The van der Waals surface area contributed by atoms with E-state index < -0.39 is 0 Å². The number of anilines is 1. The van der Waals surface area contributed by atoms with E-state index in [0.717, 1.165) is 4.70 Å². The molecule has 6 heteroatoms. The van der Waals surface area contributed by atoms with Crippen LogP contribution in [0.15, 0.2) is 42.5 Å². The second-order valence-corrected chi connectivity index (χ2v) is 5.90. The van der Waals surface area contributed by atoms with Gasteiger partial charge < -0.3 is 14.8 Å². The Morgan fingerprint density at radius 3 is 2.39 bits per heavy atom. The van der Waals surface area contributed by atoms with Crippen LogP contribution in [0.25, 0.3) is 10.1 Å². The first kappa shape index (κ1) is 15.3. The second kappa shape index (κ2) is 6.26. The smallest absolute Gasteiger partial charge is 0.265 e. The summed E-state index contributed by atoms with van der Waals surface area (Å²) in [5, 5.41) is 3.23. The zero-order valence-electron chi connectivity index (χ0n) is 12.6. The fourth-order valence-corrected chi connectivity index (χ4v) is 3.18. The molecule has 2 aromatic carbocycles. The molecule has 1 amide bonds. The highest BCUT2D eigenvalue weighted by Crippen LogP contribution is 2.30. The molecule has 0 radical (unpaired) electrons. The standard InChI is InChI=1S/C17H14FNO3S/c1-21-11-6-10(7-12(8-11)22-2)19-17(20)16-9-13-14(18)4-3-5-15(13)23-16/h3-9H,1-2H3,(H,19,20). The predicted molar refractivity (Wildman–Crippen MR) is 89.3 cm³/mol. The number of hydrogen-bond donors (Lipinski definition) is 1. The molecule has 0 unspecified atom stereocenters. The molecule has 0 bridgehead atoms. The summed E-state index contributed by atoms with van der Waals surface area (Å²) in [4.78, 5) is 12.8. The Morgan fingerprint density at radius 1 is 1.09 bits per heavy atom. The maximum atomic E-state index is 13.7. The summed E-state index contributed by atoms with van der Waals surface area (Å²) < 4.78 is 24.8. The molecule has 0 spiro atoms. The number of hydrogen-bond acceptors (Lipinski definition) is 4. The van der Waals surface area contributed by atoms with E-state index in [1.807, 2.05) is 0 Å². The normalized spacial score (nSPS) is 10.6. The molecule has 1 heterocycles. The Hall–Kier alpha value is -2.60. The van der Waals surface area contributed by atoms with Gasteiger partial charge in [-0.2, -0.15) is 0 Å². The number of thiophene rings is 1. The molecule has 0 saturated heterocycles. The molecule has 0 atom stereocenters. The van der Waals surface area contributed by atoms with Crippen molar-refractivity contribution in [3.8, 4) is 11.5 Å². The first-order chi connectivity index (χ1) is 11.1. The lowest BCUT2D eigenvalue weighted by atomic mass is 10.2. The predicted octanol–water partition coefficient (Wildman–Crippen LogP) is 4.31. The van der Waals surface area contributed by atoms with Gasteiger partial charge in [-0.15, -0.1) is 11.3 Å². The topological polar surface area (TPSA) is 47.6 Å². The van der Waals surface area contributed by atoms with Gasteiger partial charge in [-0.25, -0.2) is 4.39 Å². The number of nitrogens with one attached hydrogen (secondary N) is 1. The van der Waals surface area contributed by atoms with Crippen LogP contribution in [0.1, 0.15) is 9.67 Å². The molecule has 23 heavy (non-hydrogen) atoms. The Balaban J connectivity index is 1.90. The molecule has 1 aromatic heterocycles. The van der Waals surface area contributed by atoms with E-state index in [0.29, 0.717) is 27.4 Å². The van der Waals surface area contributed by atoms with Crippen molar-refractivity contribution < 1.29 is 18.7 Å². The van der Waals surface area contributed by atoms with Gasteiger partial charge in [0.05, 0.1) is 19.1 Å². The molecule has 3 aromatic rings. The third-order valence-electron chi connectivity index (χ3n) is 3.34. The van der Waals surface area contributed by atoms with Gasteiger partial charge in [0.2, 0.25) is 0 Å². The summed E-state index contributed by atoms with van der Waals surface area (Å²) in [6.07, 6.45) is 0. The lowest BCUT2D eigenvalue weighted by molar-refractivity contribution is 0.103. The molecule has 118 valence electrons. The van der Waals surface area contributed by atoms with Crippen LogP contribution in [0.3, 0.4) is 0 Å². The minimum absolute atomic E-state index is 0.305. The van der Waals surface area contributed by atoms with Crippen molar-refractivity contribution in [3.05, 3.63) is 53.2 Å². The highest BCUT2D eigenvalue weighted by molar-refractivity contribution is 7.20. The van der Waals surface area contributed by atoms with Crippen LogP contribution in [-0.2, 0) is 0 Å². The van der Waals surface area contributed by atoms with E-state index in [1.54, 1.807) is 36.4 Å². The van der Waals surface area contributed by atoms with Crippen molar-refractivity contribution in [2.24, 2.45) is 0 Å². The van der Waals surface area contributed by atoms with Crippen LogP contribution in [-0.4, -0.2) is 20.1 Å². The van der Waals surface area contributed by atoms with Crippen LogP contribution in [0.5, 0.6) is 11.5 Å². The van der Waals surface area contributed by atoms with Gasteiger partial charge in [0.25, 0.3) is 5.91 Å². The Kier molecular flexibility index (Phi) is 4.16. The van der Waals surface area contributed by atoms with E-state index in [9.17, 15) is 9.18 Å². The molecule has 0 aliphatic carbocycles. The van der Waals surface area contributed by atoms with Gasteiger partial charge in [-0.05, 0) is 18.2 Å². The van der Waals surface area contributed by atoms with Crippen molar-refractivity contribution in [3.63, 3.8) is 0 Å². The molecule has 0 fully saturated rings. The molecule has 0 aliphatic heterocycles. The summed E-state index contributed by atoms with van der Waals surface area (Å²) in [5.74, 6) is 0.505. The number of ether oxygens (including phenoxy) is 2. The van der Waals surface area contributed by atoms with Crippen LogP contribution >= 0.6 is 11.3 Å². The summed E-state index contributed by atoms with van der Waals surface area (Å²) >= 11 is 1.24. The Bertz CT molecular complexity index is 853. The molecule has 0 saturated carbocycles. The zero-order chi connectivity index (χ0) is 16.4. The Morgan fingerprint density at radius 2 is 1.78 bits per heavy atom. The van der Waals surface area contributed by atoms with Gasteiger partial charge in [-0.1, -0.05) is 6.07 Å². The van der Waals surface area contributed by atoms with Crippen LogP contribution in [0.4, 0.5) is 10.1 Å². The third kappa shape index (κ3) is 3.12. The number of rotatable bonds is 4. The number of fused-ring (bicyclic) bond motifs is 1. The fourth-order valence-electron chi connectivity index (χ4n) is 2.21. The summed E-state index contributed by atoms with van der Waals surface area (Å²) in [6, 6.07) is 11.4. The van der Waals surface area contributed by atoms with Gasteiger partial charge in [0.15, 0.2) is 0 Å². The maximum Gasteiger partial charge on any atom is 0.265 e.